The Morgan fingerprint density at radius 2 is 2.19 bits per heavy atom. The number of esters is 1. The van der Waals surface area contributed by atoms with E-state index < -0.39 is 34.6 Å². The van der Waals surface area contributed by atoms with Gasteiger partial charge in [0, 0.05) is 0 Å². The molecule has 26 heavy (non-hydrogen) atoms. The molecule has 2 fully saturated rings. The van der Waals surface area contributed by atoms with E-state index in [9.17, 15) is 23.1 Å². The van der Waals surface area contributed by atoms with Crippen LogP contribution in [0.15, 0.2) is 12.8 Å². The third-order valence-electron chi connectivity index (χ3n) is 5.84. The van der Waals surface area contributed by atoms with Gasteiger partial charge in [0.1, 0.15) is 5.76 Å². The molecule has 0 saturated heterocycles. The van der Waals surface area contributed by atoms with Crippen molar-refractivity contribution < 1.29 is 27.8 Å². The smallest absolute Gasteiger partial charge is 0.433 e. The number of carbonyl (C=O) groups is 1. The average Bonchev–Trinajstić information content (AvgIpc) is 3.18. The van der Waals surface area contributed by atoms with Gasteiger partial charge in [-0.05, 0) is 44.9 Å². The van der Waals surface area contributed by atoms with E-state index in [1.54, 1.807) is 6.92 Å². The molecule has 3 rings (SSSR count). The summed E-state index contributed by atoms with van der Waals surface area (Å²) in [5.74, 6) is -0.880. The van der Waals surface area contributed by atoms with Gasteiger partial charge in [-0.2, -0.15) is 18.3 Å². The Labute approximate surface area is 149 Å². The van der Waals surface area contributed by atoms with Crippen LogP contribution in [0.4, 0.5) is 13.2 Å². The highest BCUT2D eigenvalue weighted by atomic mass is 19.4. The van der Waals surface area contributed by atoms with Crippen LogP contribution in [0.5, 0.6) is 0 Å². The fraction of sp³-hybridized carbons (Fsp3) is 0.667. The van der Waals surface area contributed by atoms with Gasteiger partial charge in [-0.15, -0.1) is 0 Å². The summed E-state index contributed by atoms with van der Waals surface area (Å²) < 4.78 is 46.8. The first-order valence-corrected chi connectivity index (χ1v) is 8.91. The summed E-state index contributed by atoms with van der Waals surface area (Å²) in [5.41, 5.74) is -1.94. The van der Waals surface area contributed by atoms with Gasteiger partial charge in [-0.1, -0.05) is 13.0 Å². The second kappa shape index (κ2) is 6.63. The van der Waals surface area contributed by atoms with Crippen molar-refractivity contribution in [3.05, 3.63) is 24.0 Å². The molecule has 2 saturated carbocycles. The van der Waals surface area contributed by atoms with Crippen molar-refractivity contribution in [2.45, 2.75) is 57.7 Å². The van der Waals surface area contributed by atoms with Gasteiger partial charge in [0.15, 0.2) is 5.69 Å². The van der Waals surface area contributed by atoms with Gasteiger partial charge in [-0.25, -0.2) is 0 Å². The van der Waals surface area contributed by atoms with Gasteiger partial charge >= 0.3 is 12.1 Å². The van der Waals surface area contributed by atoms with Crippen molar-refractivity contribution in [2.75, 3.05) is 6.61 Å². The number of aromatic nitrogens is 2. The van der Waals surface area contributed by atoms with Crippen molar-refractivity contribution in [2.24, 2.45) is 11.3 Å². The quantitative estimate of drug-likeness (QED) is 0.624. The molecule has 1 aromatic rings. The SMILES string of the molecule is C=C(O)c1cnn([C@H]2CCC3(C(=O)OCC)CCCC3C2)c1C(F)(F)F. The molecule has 0 radical (unpaired) electrons. The number of nitrogens with zero attached hydrogens (tertiary/aromatic N) is 2. The van der Waals surface area contributed by atoms with E-state index in [-0.39, 0.29) is 11.9 Å². The number of rotatable bonds is 4. The minimum absolute atomic E-state index is 0.00800. The standard InChI is InChI=1S/C18H23F3N2O3/c1-3-26-16(25)17-7-4-5-12(17)9-13(6-8-17)23-15(18(19,20)21)14(10-22-23)11(2)24/h10,12-13,24H,2-9H2,1H3/t12?,13-,17?/m0/s1. The van der Waals surface area contributed by atoms with Gasteiger partial charge in [0.05, 0.1) is 29.8 Å². The first-order chi connectivity index (χ1) is 12.2. The van der Waals surface area contributed by atoms with Crippen molar-refractivity contribution in [1.29, 1.82) is 0 Å². The number of halogens is 3. The van der Waals surface area contributed by atoms with Gasteiger partial charge in [-0.3, -0.25) is 9.48 Å². The molecule has 2 unspecified atom stereocenters. The van der Waals surface area contributed by atoms with Crippen LogP contribution < -0.4 is 0 Å². The molecule has 1 N–H and O–H groups in total. The monoisotopic (exact) mass is 372 g/mol. The van der Waals surface area contributed by atoms with Crippen LogP contribution in [-0.2, 0) is 15.7 Å². The van der Waals surface area contributed by atoms with Crippen LogP contribution in [0, 0.1) is 11.3 Å². The molecule has 144 valence electrons. The Balaban J connectivity index is 1.90. The molecule has 3 atom stereocenters. The van der Waals surface area contributed by atoms with Gasteiger partial charge < -0.3 is 9.84 Å². The van der Waals surface area contributed by atoms with E-state index in [0.717, 1.165) is 30.1 Å². The molecule has 2 aliphatic carbocycles. The summed E-state index contributed by atoms with van der Waals surface area (Å²) in [6.07, 6.45) is 0.118. The lowest BCUT2D eigenvalue weighted by molar-refractivity contribution is -0.162. The zero-order valence-corrected chi connectivity index (χ0v) is 14.7. The van der Waals surface area contributed by atoms with Crippen LogP contribution in [-0.4, -0.2) is 27.5 Å². The summed E-state index contributed by atoms with van der Waals surface area (Å²) in [6, 6.07) is -0.467. The lowest BCUT2D eigenvalue weighted by atomic mass is 9.66. The summed E-state index contributed by atoms with van der Waals surface area (Å²) in [7, 11) is 0. The van der Waals surface area contributed by atoms with E-state index in [4.69, 9.17) is 4.74 Å². The fourth-order valence-electron chi connectivity index (χ4n) is 4.69. The topological polar surface area (TPSA) is 64.4 Å². The second-order valence-corrected chi connectivity index (χ2v) is 7.19. The van der Waals surface area contributed by atoms with Gasteiger partial charge in [0.25, 0.3) is 0 Å². The maximum atomic E-state index is 13.5. The first-order valence-electron chi connectivity index (χ1n) is 8.91. The van der Waals surface area contributed by atoms with Crippen LogP contribution in [0.3, 0.4) is 0 Å². The molecule has 0 bridgehead atoms. The summed E-state index contributed by atoms with van der Waals surface area (Å²) in [4.78, 5) is 12.5. The average molecular weight is 372 g/mol. The normalized spacial score (nSPS) is 28.6. The van der Waals surface area contributed by atoms with Crippen molar-refractivity contribution in [3.8, 4) is 0 Å². The number of carbonyl (C=O) groups excluding carboxylic acids is 1. The maximum absolute atomic E-state index is 13.5. The molecule has 0 amide bonds. The molecule has 0 spiro atoms. The first kappa shape index (κ1) is 18.8. The van der Waals surface area contributed by atoms with Crippen LogP contribution >= 0.6 is 0 Å². The fourth-order valence-corrected chi connectivity index (χ4v) is 4.69. The number of ether oxygens (including phenoxy) is 1. The number of fused-ring (bicyclic) bond motifs is 1. The zero-order valence-electron chi connectivity index (χ0n) is 14.7. The summed E-state index contributed by atoms with van der Waals surface area (Å²) >= 11 is 0. The highest BCUT2D eigenvalue weighted by Crippen LogP contribution is 2.56. The minimum Gasteiger partial charge on any atom is -0.508 e. The Morgan fingerprint density at radius 3 is 2.81 bits per heavy atom. The van der Waals surface area contributed by atoms with Gasteiger partial charge in [0.2, 0.25) is 0 Å². The largest absolute Gasteiger partial charge is 0.508 e. The maximum Gasteiger partial charge on any atom is 0.433 e. The molecule has 0 aromatic carbocycles. The summed E-state index contributed by atoms with van der Waals surface area (Å²) in [6.45, 7) is 5.27. The second-order valence-electron chi connectivity index (χ2n) is 7.19. The van der Waals surface area contributed by atoms with E-state index in [2.05, 4.69) is 11.7 Å². The highest BCUT2D eigenvalue weighted by Gasteiger charge is 2.54. The lowest BCUT2D eigenvalue weighted by Crippen LogP contribution is -2.42. The molecule has 5 nitrogen and oxygen atoms in total. The van der Waals surface area contributed by atoms with Crippen LogP contribution in [0.25, 0.3) is 5.76 Å². The highest BCUT2D eigenvalue weighted by molar-refractivity contribution is 5.78. The number of alkyl halides is 3. The number of hydrogen-bond acceptors (Lipinski definition) is 4. The number of hydrogen-bond donors (Lipinski definition) is 1. The Bertz CT molecular complexity index is 713. The minimum atomic E-state index is -4.65. The van der Waals surface area contributed by atoms with Crippen molar-refractivity contribution >= 4 is 11.7 Å². The molecular weight excluding hydrogens is 349 g/mol. The molecule has 8 heteroatoms. The molecule has 0 aliphatic heterocycles. The third kappa shape index (κ3) is 2.99. The predicted octanol–water partition coefficient (Wildman–Crippen LogP) is 4.51. The van der Waals surface area contributed by atoms with E-state index in [1.165, 1.54) is 0 Å². The number of aliphatic hydroxyl groups is 1. The Morgan fingerprint density at radius 1 is 1.46 bits per heavy atom. The van der Waals surface area contributed by atoms with E-state index >= 15 is 0 Å². The Hall–Kier alpha value is -1.99. The Kier molecular flexibility index (Phi) is 4.79. The van der Waals surface area contributed by atoms with E-state index in [0.29, 0.717) is 25.9 Å². The molecule has 2 aliphatic rings. The third-order valence-corrected chi connectivity index (χ3v) is 5.84. The van der Waals surface area contributed by atoms with E-state index in [1.807, 2.05) is 0 Å². The molecule has 1 aromatic heterocycles. The van der Waals surface area contributed by atoms with Crippen molar-refractivity contribution in [1.82, 2.24) is 9.78 Å². The summed E-state index contributed by atoms with van der Waals surface area (Å²) in [5, 5.41) is 13.4. The molecular formula is C18H23F3N2O3. The van der Waals surface area contributed by atoms with Crippen LogP contribution in [0.1, 0.15) is 62.7 Å². The van der Waals surface area contributed by atoms with Crippen LogP contribution in [0.2, 0.25) is 0 Å². The lowest BCUT2D eigenvalue weighted by Gasteiger charge is -2.41. The molecule has 1 heterocycles. The predicted molar refractivity (Wildman–Crippen MR) is 88.2 cm³/mol. The number of aliphatic hydroxyl groups excluding tert-OH is 1. The van der Waals surface area contributed by atoms with Crippen molar-refractivity contribution in [3.63, 3.8) is 0 Å². The zero-order chi connectivity index (χ0) is 19.1.